The van der Waals surface area contributed by atoms with Crippen molar-refractivity contribution in [1.82, 2.24) is 4.90 Å². The van der Waals surface area contributed by atoms with E-state index in [1.807, 2.05) is 0 Å². The van der Waals surface area contributed by atoms with Crippen molar-refractivity contribution in [3.63, 3.8) is 0 Å². The largest absolute Gasteiger partial charge is 0.379 e. The van der Waals surface area contributed by atoms with Crippen molar-refractivity contribution in [2.24, 2.45) is 0 Å². The zero-order chi connectivity index (χ0) is 26.5. The van der Waals surface area contributed by atoms with Gasteiger partial charge in [-0.2, -0.15) is 0 Å². The minimum Gasteiger partial charge on any atom is -0.379 e. The fourth-order valence-electron chi connectivity index (χ4n) is 4.13. The van der Waals surface area contributed by atoms with Crippen LogP contribution in [0.5, 0.6) is 0 Å². The van der Waals surface area contributed by atoms with Gasteiger partial charge in [-0.15, -0.1) is 0 Å². The quantitative estimate of drug-likeness (QED) is 0.216. The number of benzene rings is 3. The van der Waals surface area contributed by atoms with Gasteiger partial charge >= 0.3 is 0 Å². The first kappa shape index (κ1) is 28.5. The molecule has 0 heterocycles. The lowest BCUT2D eigenvalue weighted by molar-refractivity contribution is 0.108. The molecular formula is C33H46NOS+. The second-order valence-electron chi connectivity index (χ2n) is 12.2. The molecule has 0 radical (unpaired) electrons. The Labute approximate surface area is 223 Å². The Bertz CT molecular complexity index is 1010. The molecule has 1 atom stereocenters. The van der Waals surface area contributed by atoms with Crippen LogP contribution >= 0.6 is 0 Å². The average Bonchev–Trinajstić information content (AvgIpc) is 2.82. The van der Waals surface area contributed by atoms with Gasteiger partial charge in [-0.1, -0.05) is 84.9 Å². The lowest BCUT2D eigenvalue weighted by Gasteiger charge is -2.20. The summed E-state index contributed by atoms with van der Waals surface area (Å²) in [5.41, 5.74) is 4.38. The third-order valence-corrected chi connectivity index (χ3v) is 8.88. The van der Waals surface area contributed by atoms with E-state index in [-0.39, 0.29) is 21.7 Å². The molecule has 0 amide bonds. The molecule has 0 aliphatic carbocycles. The highest BCUT2D eigenvalue weighted by molar-refractivity contribution is 7.97. The summed E-state index contributed by atoms with van der Waals surface area (Å²) in [5, 5.41) is 0. The van der Waals surface area contributed by atoms with Crippen LogP contribution in [0.1, 0.15) is 71.1 Å². The van der Waals surface area contributed by atoms with Crippen LogP contribution in [0.2, 0.25) is 0 Å². The Hall–Kier alpha value is -2.07. The molecule has 2 nitrogen and oxygen atoms in total. The van der Waals surface area contributed by atoms with Crippen LogP contribution in [-0.2, 0) is 26.5 Å². The predicted octanol–water partition coefficient (Wildman–Crippen LogP) is 8.06. The first-order valence-corrected chi connectivity index (χ1v) is 14.4. The number of hydrogen-bond donors (Lipinski definition) is 0. The maximum atomic E-state index is 5.91. The fraction of sp³-hybridized carbons (Fsp3) is 0.455. The second kappa shape index (κ2) is 12.0. The fourth-order valence-corrected chi connectivity index (χ4v) is 6.17. The average molecular weight is 505 g/mol. The number of ether oxygens (including phenoxy) is 1. The Balaban J connectivity index is 1.89. The first-order chi connectivity index (χ1) is 16.9. The van der Waals surface area contributed by atoms with Gasteiger partial charge in [0.2, 0.25) is 0 Å². The molecule has 194 valence electrons. The van der Waals surface area contributed by atoms with E-state index in [0.29, 0.717) is 5.92 Å². The van der Waals surface area contributed by atoms with Gasteiger partial charge in [0.15, 0.2) is 14.7 Å². The number of rotatable bonds is 9. The van der Waals surface area contributed by atoms with Crippen LogP contribution in [0.4, 0.5) is 0 Å². The zero-order valence-corrected chi connectivity index (χ0v) is 24.7. The molecule has 0 aromatic heterocycles. The molecule has 36 heavy (non-hydrogen) atoms. The topological polar surface area (TPSA) is 12.5 Å². The van der Waals surface area contributed by atoms with Crippen molar-refractivity contribution in [3.05, 3.63) is 89.5 Å². The first-order valence-electron chi connectivity index (χ1n) is 13.1. The molecule has 0 aliphatic rings. The number of likely N-dealkylation sites (N-methyl/N-ethyl adjacent to an activating group) is 1. The molecule has 0 N–H and O–H groups in total. The van der Waals surface area contributed by atoms with Gasteiger partial charge in [-0.25, -0.2) is 0 Å². The highest BCUT2D eigenvalue weighted by Gasteiger charge is 2.30. The summed E-state index contributed by atoms with van der Waals surface area (Å²) >= 11 is 0. The maximum Gasteiger partial charge on any atom is 0.166 e. The van der Waals surface area contributed by atoms with Crippen LogP contribution in [-0.4, -0.2) is 38.8 Å². The van der Waals surface area contributed by atoms with Crippen molar-refractivity contribution < 1.29 is 4.74 Å². The van der Waals surface area contributed by atoms with E-state index in [0.717, 1.165) is 19.8 Å². The molecule has 0 aliphatic heterocycles. The van der Waals surface area contributed by atoms with Crippen LogP contribution in [0.25, 0.3) is 0 Å². The summed E-state index contributed by atoms with van der Waals surface area (Å²) in [7, 11) is 4.00. The van der Waals surface area contributed by atoms with Crippen LogP contribution in [0.3, 0.4) is 0 Å². The molecule has 3 aromatic rings. The van der Waals surface area contributed by atoms with Crippen LogP contribution in [0, 0.1) is 0 Å². The lowest BCUT2D eigenvalue weighted by Crippen LogP contribution is -2.19. The van der Waals surface area contributed by atoms with Gasteiger partial charge in [-0.3, -0.25) is 0 Å². The maximum absolute atomic E-state index is 5.91. The Morgan fingerprint density at radius 2 is 1.06 bits per heavy atom. The SMILES string of the molecule is CC(COCCN(C)C)c1ccc([S+](c2ccc(C(C)(C)C)cc2)c2ccc(C(C)(C)C)cc2)cc1. The molecule has 3 heteroatoms. The second-order valence-corrected chi connectivity index (χ2v) is 14.2. The summed E-state index contributed by atoms with van der Waals surface area (Å²) in [4.78, 5) is 6.23. The highest BCUT2D eigenvalue weighted by Crippen LogP contribution is 2.35. The van der Waals surface area contributed by atoms with Gasteiger partial charge in [0.1, 0.15) is 0 Å². The third-order valence-electron chi connectivity index (χ3n) is 6.65. The summed E-state index contributed by atoms with van der Waals surface area (Å²) < 4.78 is 5.91. The van der Waals surface area contributed by atoms with Crippen molar-refractivity contribution in [2.75, 3.05) is 33.9 Å². The smallest absolute Gasteiger partial charge is 0.166 e. The van der Waals surface area contributed by atoms with E-state index < -0.39 is 0 Å². The van der Waals surface area contributed by atoms with E-state index in [9.17, 15) is 0 Å². The summed E-state index contributed by atoms with van der Waals surface area (Å²) in [5.74, 6) is 0.375. The standard InChI is InChI=1S/C33H46NOS/c1-25(24-35-23-22-34(8)9)26-10-16-29(17-11-26)36(30-18-12-27(13-19-30)32(2,3)4)31-20-14-28(15-21-31)33(5,6)7/h10-21,25H,22-24H2,1-9H3/q+1. The van der Waals surface area contributed by atoms with Gasteiger partial charge in [0.25, 0.3) is 0 Å². The van der Waals surface area contributed by atoms with Crippen molar-refractivity contribution in [2.45, 2.75) is 79.9 Å². The van der Waals surface area contributed by atoms with Gasteiger partial charge in [0.05, 0.1) is 24.1 Å². The Morgan fingerprint density at radius 1 is 0.667 bits per heavy atom. The minimum atomic E-state index is -0.155. The number of hydrogen-bond acceptors (Lipinski definition) is 2. The lowest BCUT2D eigenvalue weighted by atomic mass is 9.87. The molecular weight excluding hydrogens is 458 g/mol. The van der Waals surface area contributed by atoms with Gasteiger partial charge < -0.3 is 9.64 Å². The van der Waals surface area contributed by atoms with E-state index in [4.69, 9.17) is 4.74 Å². The van der Waals surface area contributed by atoms with Crippen molar-refractivity contribution >= 4 is 10.9 Å². The molecule has 0 bridgehead atoms. The van der Waals surface area contributed by atoms with E-state index in [2.05, 4.69) is 140 Å². The molecule has 0 spiro atoms. The predicted molar refractivity (Wildman–Crippen MR) is 157 cm³/mol. The molecule has 3 rings (SSSR count). The summed E-state index contributed by atoms with van der Waals surface area (Å²) in [6.45, 7) is 18.4. The minimum absolute atomic E-state index is 0.151. The zero-order valence-electron chi connectivity index (χ0n) is 23.9. The van der Waals surface area contributed by atoms with Crippen molar-refractivity contribution in [3.8, 4) is 0 Å². The summed E-state index contributed by atoms with van der Waals surface area (Å²) in [6, 6.07) is 27.8. The van der Waals surface area contributed by atoms with E-state index in [1.54, 1.807) is 0 Å². The number of nitrogens with zero attached hydrogens (tertiary/aromatic N) is 1. The van der Waals surface area contributed by atoms with Crippen molar-refractivity contribution in [1.29, 1.82) is 0 Å². The Kier molecular flexibility index (Phi) is 9.49. The van der Waals surface area contributed by atoms with Gasteiger partial charge in [-0.05, 0) is 78.0 Å². The molecule has 0 saturated heterocycles. The van der Waals surface area contributed by atoms with E-state index in [1.165, 1.54) is 31.4 Å². The summed E-state index contributed by atoms with van der Waals surface area (Å²) in [6.07, 6.45) is 0. The van der Waals surface area contributed by atoms with E-state index >= 15 is 0 Å². The van der Waals surface area contributed by atoms with Crippen LogP contribution in [0.15, 0.2) is 87.5 Å². The third kappa shape index (κ3) is 7.71. The molecule has 0 fully saturated rings. The monoisotopic (exact) mass is 504 g/mol. The molecule has 1 unspecified atom stereocenters. The molecule has 3 aromatic carbocycles. The molecule has 0 saturated carbocycles. The Morgan fingerprint density at radius 3 is 1.42 bits per heavy atom. The van der Waals surface area contributed by atoms with Crippen LogP contribution < -0.4 is 0 Å². The normalized spacial score (nSPS) is 13.4. The highest BCUT2D eigenvalue weighted by atomic mass is 32.2. The van der Waals surface area contributed by atoms with Gasteiger partial charge in [0, 0.05) is 12.5 Å².